The second-order valence-electron chi connectivity index (χ2n) is 29.6. The molecule has 0 saturated carbocycles. The Morgan fingerprint density at radius 2 is 0.422 bits per heavy atom. The van der Waals surface area contributed by atoms with Crippen molar-refractivity contribution in [1.29, 1.82) is 0 Å². The number of rotatable bonds is 0. The van der Waals surface area contributed by atoms with Crippen molar-refractivity contribution in [3.8, 4) is 45.6 Å². The molecule has 0 atom stereocenters. The zero-order valence-corrected chi connectivity index (χ0v) is 64.7. The number of aliphatic imine (C=N–C) groups is 4. The van der Waals surface area contributed by atoms with Crippen molar-refractivity contribution in [2.45, 2.75) is 0 Å². The van der Waals surface area contributed by atoms with Crippen molar-refractivity contribution in [3.05, 3.63) is 324 Å². The maximum atomic E-state index is 5.56. The number of fused-ring (bicyclic) bond motifs is 42. The van der Waals surface area contributed by atoms with Gasteiger partial charge in [-0.15, -0.1) is 0 Å². The predicted octanol–water partition coefficient (Wildman–Crippen LogP) is 18.8. The summed E-state index contributed by atoms with van der Waals surface area (Å²) in [6.07, 6.45) is 0. The summed E-state index contributed by atoms with van der Waals surface area (Å²) >= 11 is -1.77. The molecule has 0 fully saturated rings. The van der Waals surface area contributed by atoms with Crippen molar-refractivity contribution in [2.24, 2.45) is 30.0 Å². The van der Waals surface area contributed by atoms with E-state index in [1.807, 2.05) is 48.5 Å². The summed E-state index contributed by atoms with van der Waals surface area (Å²) in [7, 11) is 0. The van der Waals surface area contributed by atoms with Gasteiger partial charge in [0.05, 0.1) is 23.3 Å². The monoisotopic (exact) mass is 1580 g/mol. The Hall–Kier alpha value is -14.5. The number of amidine groups is 4. The normalized spacial score (nSPS) is 13.2. The third-order valence-electron chi connectivity index (χ3n) is 23.1. The Morgan fingerprint density at radius 1 is 0.216 bits per heavy atom. The zero-order valence-electron chi connectivity index (χ0n) is 60.8. The summed E-state index contributed by atoms with van der Waals surface area (Å²) in [6.45, 7) is 0. The van der Waals surface area contributed by atoms with Crippen LogP contribution in [0.2, 0.25) is 0 Å². The molecular weight excluding hydrogens is 1530 g/mol. The number of aromatic nitrogens is 10. The van der Waals surface area contributed by atoms with E-state index in [4.69, 9.17) is 69.8 Å². The van der Waals surface area contributed by atoms with Crippen LogP contribution in [0.3, 0.4) is 0 Å². The summed E-state index contributed by atoms with van der Waals surface area (Å²) in [6, 6.07) is 102. The van der Waals surface area contributed by atoms with Crippen LogP contribution in [0.5, 0.6) is 0 Å². The Morgan fingerprint density at radius 3 is 0.672 bits per heavy atom. The van der Waals surface area contributed by atoms with Crippen molar-refractivity contribution < 1.29 is 29.5 Å². The fourth-order valence-corrected chi connectivity index (χ4v) is 20.6. The quantitative estimate of drug-likeness (QED) is 0.131. The Balaban J connectivity index is 0.000000133. The molecule has 27 rings (SSSR count). The molecule has 21 aromatic rings. The molecule has 116 heavy (non-hydrogen) atoms. The summed E-state index contributed by atoms with van der Waals surface area (Å²) < 4.78 is 4.76. The van der Waals surface area contributed by atoms with Gasteiger partial charge in [0.25, 0.3) is 0 Å². The first-order chi connectivity index (χ1) is 55.8. The number of benzene rings is 16. The first kappa shape index (κ1) is 67.2. The summed E-state index contributed by atoms with van der Waals surface area (Å²) in [5.41, 5.74) is 11.2. The molecule has 18 nitrogen and oxygen atoms in total. The zero-order chi connectivity index (χ0) is 73.4. The summed E-state index contributed by atoms with van der Waals surface area (Å²) in [5.74, 6) is 6.46. The number of hydrogen-bond donors (Lipinski definition) is 0. The molecule has 6 aliphatic rings. The van der Waals surface area contributed by atoms with Crippen molar-refractivity contribution in [1.82, 2.24) is 46.4 Å². The third kappa shape index (κ3) is 10.1. The van der Waals surface area contributed by atoms with E-state index in [0.29, 0.717) is 69.2 Å². The van der Waals surface area contributed by atoms with Gasteiger partial charge in [0.15, 0.2) is 0 Å². The van der Waals surface area contributed by atoms with Gasteiger partial charge in [-0.05, 0) is 113 Å². The van der Waals surface area contributed by atoms with E-state index in [0.717, 1.165) is 196 Å². The number of hydrogen-bond acceptors (Lipinski definition) is 13. The molecule has 0 spiro atoms. The Bertz CT molecular complexity index is 7870. The third-order valence-corrected chi connectivity index (χ3v) is 26.1. The van der Waals surface area contributed by atoms with Crippen LogP contribution in [0.1, 0.15) is 22.3 Å². The van der Waals surface area contributed by atoms with Crippen molar-refractivity contribution in [3.63, 3.8) is 0 Å². The second-order valence-corrected chi connectivity index (χ2v) is 32.2. The maximum absolute atomic E-state index is 5.56. The Kier molecular flexibility index (Phi) is 14.6. The molecule has 16 aromatic carbocycles. The fourth-order valence-electron chi connectivity index (χ4n) is 17.5. The van der Waals surface area contributed by atoms with Gasteiger partial charge in [-0.1, -0.05) is 97.1 Å². The molecule has 5 aromatic heterocycles. The average molecular weight is 1580 g/mol. The van der Waals surface area contributed by atoms with E-state index in [9.17, 15) is 0 Å². The molecule has 3 N–H and O–H groups in total. The minimum absolute atomic E-state index is 0. The van der Waals surface area contributed by atoms with Crippen LogP contribution in [-0.4, -0.2) is 88.6 Å². The van der Waals surface area contributed by atoms with E-state index in [1.54, 1.807) is 0 Å². The molecule has 0 amide bonds. The molecule has 20 heteroatoms. The van der Waals surface area contributed by atoms with Crippen LogP contribution in [0, 0.1) is 0 Å². The van der Waals surface area contributed by atoms with E-state index in [2.05, 4.69) is 249 Å². The van der Waals surface area contributed by atoms with E-state index in [-0.39, 0.29) is 29.5 Å². The van der Waals surface area contributed by atoms with Gasteiger partial charge in [-0.2, -0.15) is 0 Å². The minimum atomic E-state index is -1.77. The van der Waals surface area contributed by atoms with Crippen LogP contribution < -0.4 is 20.9 Å². The van der Waals surface area contributed by atoms with Gasteiger partial charge in [-0.3, -0.25) is 0 Å². The molecule has 0 unspecified atom stereocenters. The molecule has 11 heterocycles. The van der Waals surface area contributed by atoms with Gasteiger partial charge < -0.3 is 40.9 Å². The SMILES string of the molecule is O.[OH-].[V+2].c1ccc2cc3c(cc2c1)-c1nc-3nc2[n-]c(nc3nc(nc4[n-]c(n1)c1cc5ccccc5cc41)-c1cc4ccccc4cc1-3)c1cc3ccccc3cc21.c1ccc2cc3c(cc2c1)C1=NC3=Nc2c3cc4ccccc4cc3c3[n]2[Ga][n]2c(c4cc5ccccc5cc4c2=NC2=NC(=N3)c3cc4ccccc4cc32)=N1. The van der Waals surface area contributed by atoms with Crippen LogP contribution in [0.4, 0.5) is 11.6 Å². The molecule has 2 radical (unpaired) electrons. The van der Waals surface area contributed by atoms with Crippen molar-refractivity contribution >= 4 is 205 Å². The van der Waals surface area contributed by atoms with Crippen LogP contribution >= 0.6 is 0 Å². The fraction of sp³-hybridized carbons (Fsp3) is 0. The number of nitrogens with zero attached hydrogens (tertiary/aromatic N) is 16. The van der Waals surface area contributed by atoms with Crippen LogP contribution in [0.15, 0.2) is 321 Å². The average Bonchev–Trinajstić information content (AvgIpc) is 1.54. The summed E-state index contributed by atoms with van der Waals surface area (Å²) in [4.78, 5) is 74.4. The first-order valence-corrected chi connectivity index (χ1v) is 39.7. The standard InChI is InChI=1S/2C48H24N8.Ga.2H2O.V/c2*1-2-10-26-18-34-33(17-25(26)9-1)41-49-42(34)54-44-37-21-29-13-5-6-14-30(29)22-38(37)46(51-44)56-48-40-24-32-16-8-7-15-31(32)23-39(40)47(52-48)55-45-36-20-28-12-4-3-11-27(28)19-35(36)43(50-45)53-41;;;;/h2*1-24H;;2*1H2;/q2*-2;+2;;;+2/p-1. The van der Waals surface area contributed by atoms with E-state index < -0.39 is 17.9 Å². The van der Waals surface area contributed by atoms with Gasteiger partial charge in [-0.25, -0.2) is 9.97 Å². The molecular formula is C96H51GaN16O2V-. The van der Waals surface area contributed by atoms with E-state index >= 15 is 0 Å². The van der Waals surface area contributed by atoms with Gasteiger partial charge in [0, 0.05) is 44.8 Å². The topological polar surface area (TPSA) is 251 Å². The van der Waals surface area contributed by atoms with Gasteiger partial charge in [0.2, 0.25) is 0 Å². The second kappa shape index (κ2) is 25.2. The van der Waals surface area contributed by atoms with Gasteiger partial charge in [0.1, 0.15) is 0 Å². The predicted molar refractivity (Wildman–Crippen MR) is 461 cm³/mol. The molecule has 0 aliphatic carbocycles. The first-order valence-electron chi connectivity index (χ1n) is 37.5. The van der Waals surface area contributed by atoms with Crippen LogP contribution in [0.25, 0.3) is 197 Å². The molecule has 536 valence electrons. The Labute approximate surface area is 675 Å². The molecule has 14 bridgehead atoms. The van der Waals surface area contributed by atoms with Crippen LogP contribution in [-0.2, 0) is 18.6 Å². The molecule has 6 aliphatic heterocycles. The summed E-state index contributed by atoms with van der Waals surface area (Å²) in [5, 5.41) is 25.5. The van der Waals surface area contributed by atoms with E-state index in [1.165, 1.54) is 0 Å². The van der Waals surface area contributed by atoms with Crippen molar-refractivity contribution in [2.75, 3.05) is 0 Å². The van der Waals surface area contributed by atoms with Gasteiger partial charge >= 0.3 is 351 Å². The molecule has 0 saturated heterocycles.